The van der Waals surface area contributed by atoms with Crippen LogP contribution >= 0.6 is 0 Å². The van der Waals surface area contributed by atoms with Crippen LogP contribution in [0, 0.1) is 0 Å². The molecule has 4 heteroatoms. The number of nitrogens with zero attached hydrogens (tertiary/aromatic N) is 1. The molecule has 1 heterocycles. The number of amides is 1. The Balaban J connectivity index is 1.74. The van der Waals surface area contributed by atoms with E-state index in [2.05, 4.69) is 0 Å². The molecular formula is C18H17NO3. The molecule has 0 N–H and O–H groups in total. The first-order valence-electron chi connectivity index (χ1n) is 7.25. The highest BCUT2D eigenvalue weighted by Crippen LogP contribution is 2.32. The molecule has 1 aliphatic heterocycles. The second kappa shape index (κ2) is 6.02. The van der Waals surface area contributed by atoms with Gasteiger partial charge in [0.15, 0.2) is 0 Å². The van der Waals surface area contributed by atoms with Crippen molar-refractivity contribution in [2.45, 2.75) is 26.0 Å². The Morgan fingerprint density at radius 2 is 1.77 bits per heavy atom. The number of hydrogen-bond donors (Lipinski definition) is 0. The first-order valence-corrected chi connectivity index (χ1v) is 7.25. The topological polar surface area (TPSA) is 46.6 Å². The fourth-order valence-corrected chi connectivity index (χ4v) is 2.79. The van der Waals surface area contributed by atoms with Crippen molar-refractivity contribution in [3.8, 4) is 0 Å². The molecule has 0 bridgehead atoms. The molecule has 2 aromatic carbocycles. The Kier molecular flexibility index (Phi) is 3.92. The van der Waals surface area contributed by atoms with Crippen LogP contribution in [0.2, 0.25) is 0 Å². The molecule has 4 nitrogen and oxygen atoms in total. The number of carbonyl (C=O) groups excluding carboxylic acids is 2. The van der Waals surface area contributed by atoms with E-state index in [0.717, 1.165) is 16.8 Å². The smallest absolute Gasteiger partial charge is 0.329 e. The normalized spacial score (nSPS) is 16.2. The third-order valence-corrected chi connectivity index (χ3v) is 3.81. The molecular weight excluding hydrogens is 278 g/mol. The molecule has 1 atom stereocenters. The molecule has 112 valence electrons. The molecule has 2 aromatic rings. The molecule has 1 aliphatic rings. The van der Waals surface area contributed by atoms with Crippen molar-refractivity contribution in [1.29, 1.82) is 0 Å². The average molecular weight is 295 g/mol. The number of para-hydroxylation sites is 1. The van der Waals surface area contributed by atoms with Crippen LogP contribution in [0.15, 0.2) is 54.6 Å². The Hall–Kier alpha value is -2.62. The predicted octanol–water partition coefficient (Wildman–Crippen LogP) is 2.71. The molecule has 3 rings (SSSR count). The summed E-state index contributed by atoms with van der Waals surface area (Å²) >= 11 is 0. The van der Waals surface area contributed by atoms with Crippen LogP contribution in [0.25, 0.3) is 0 Å². The van der Waals surface area contributed by atoms with Crippen LogP contribution in [0.5, 0.6) is 0 Å². The van der Waals surface area contributed by atoms with Gasteiger partial charge in [0, 0.05) is 19.0 Å². The molecule has 1 amide bonds. The quantitative estimate of drug-likeness (QED) is 0.818. The van der Waals surface area contributed by atoms with E-state index in [0.29, 0.717) is 6.42 Å². The largest absolute Gasteiger partial charge is 0.459 e. The first kappa shape index (κ1) is 14.3. The summed E-state index contributed by atoms with van der Waals surface area (Å²) in [5.74, 6) is -0.512. The number of rotatable bonds is 3. The second-order valence-corrected chi connectivity index (χ2v) is 5.33. The average Bonchev–Trinajstić information content (AvgIpc) is 2.93. The fraction of sp³-hybridized carbons (Fsp3) is 0.222. The van der Waals surface area contributed by atoms with Crippen LogP contribution in [-0.4, -0.2) is 17.9 Å². The monoisotopic (exact) mass is 295 g/mol. The van der Waals surface area contributed by atoms with Gasteiger partial charge in [-0.25, -0.2) is 4.79 Å². The standard InChI is InChI=1S/C18H17NO3/c1-13(20)19-16-10-6-5-9-15(16)11-17(19)18(21)22-12-14-7-3-2-4-8-14/h2-10,17H,11-12H2,1H3. The van der Waals surface area contributed by atoms with Gasteiger partial charge >= 0.3 is 5.97 Å². The van der Waals surface area contributed by atoms with Crippen LogP contribution in [-0.2, 0) is 27.4 Å². The maximum atomic E-state index is 12.4. The van der Waals surface area contributed by atoms with Crippen molar-refractivity contribution in [2.75, 3.05) is 4.90 Å². The summed E-state index contributed by atoms with van der Waals surface area (Å²) in [7, 11) is 0. The molecule has 0 aromatic heterocycles. The van der Waals surface area contributed by atoms with E-state index in [1.165, 1.54) is 11.8 Å². The third kappa shape index (κ3) is 2.72. The van der Waals surface area contributed by atoms with Crippen LogP contribution in [0.4, 0.5) is 5.69 Å². The number of benzene rings is 2. The highest BCUT2D eigenvalue weighted by molar-refractivity contribution is 6.01. The predicted molar refractivity (Wildman–Crippen MR) is 83.3 cm³/mol. The summed E-state index contributed by atoms with van der Waals surface area (Å²) in [6.45, 7) is 1.69. The van der Waals surface area contributed by atoms with Gasteiger partial charge in [-0.05, 0) is 17.2 Å². The summed E-state index contributed by atoms with van der Waals surface area (Å²) in [6.07, 6.45) is 0.503. The highest BCUT2D eigenvalue weighted by Gasteiger charge is 2.37. The van der Waals surface area contributed by atoms with Crippen LogP contribution in [0.3, 0.4) is 0 Å². The SMILES string of the molecule is CC(=O)N1c2ccccc2CC1C(=O)OCc1ccccc1. The van der Waals surface area contributed by atoms with E-state index < -0.39 is 6.04 Å². The van der Waals surface area contributed by atoms with Crippen LogP contribution in [0.1, 0.15) is 18.1 Å². The minimum absolute atomic E-state index is 0.147. The third-order valence-electron chi connectivity index (χ3n) is 3.81. The molecule has 0 fully saturated rings. The minimum atomic E-state index is -0.571. The lowest BCUT2D eigenvalue weighted by Crippen LogP contribution is -2.42. The molecule has 0 spiro atoms. The van der Waals surface area contributed by atoms with Gasteiger partial charge in [-0.15, -0.1) is 0 Å². The minimum Gasteiger partial charge on any atom is -0.459 e. The molecule has 0 aliphatic carbocycles. The summed E-state index contributed by atoms with van der Waals surface area (Å²) in [5, 5.41) is 0. The fourth-order valence-electron chi connectivity index (χ4n) is 2.79. The van der Waals surface area contributed by atoms with Gasteiger partial charge in [-0.1, -0.05) is 48.5 Å². The van der Waals surface area contributed by atoms with Crippen molar-refractivity contribution < 1.29 is 14.3 Å². The molecule has 0 saturated carbocycles. The van der Waals surface area contributed by atoms with E-state index in [1.54, 1.807) is 0 Å². The lowest BCUT2D eigenvalue weighted by atomic mass is 10.1. The number of esters is 1. The Labute approximate surface area is 129 Å². The number of anilines is 1. The number of carbonyl (C=O) groups is 2. The molecule has 0 saturated heterocycles. The van der Waals surface area contributed by atoms with Gasteiger partial charge < -0.3 is 4.74 Å². The summed E-state index contributed by atoms with van der Waals surface area (Å²) in [4.78, 5) is 25.8. The van der Waals surface area contributed by atoms with Gasteiger partial charge in [0.05, 0.1) is 0 Å². The van der Waals surface area contributed by atoms with E-state index in [9.17, 15) is 9.59 Å². The Bertz CT molecular complexity index is 696. The van der Waals surface area contributed by atoms with Crippen molar-refractivity contribution in [3.05, 3.63) is 65.7 Å². The number of hydrogen-bond acceptors (Lipinski definition) is 3. The lowest BCUT2D eigenvalue weighted by Gasteiger charge is -2.22. The van der Waals surface area contributed by atoms with Gasteiger partial charge in [-0.2, -0.15) is 0 Å². The van der Waals surface area contributed by atoms with Gasteiger partial charge in [0.2, 0.25) is 5.91 Å². The van der Waals surface area contributed by atoms with Crippen molar-refractivity contribution in [2.24, 2.45) is 0 Å². The van der Waals surface area contributed by atoms with Crippen LogP contribution < -0.4 is 4.90 Å². The summed E-state index contributed by atoms with van der Waals surface area (Å²) in [5.41, 5.74) is 2.73. The van der Waals surface area contributed by atoms with E-state index in [1.807, 2.05) is 54.6 Å². The summed E-state index contributed by atoms with van der Waals surface area (Å²) < 4.78 is 5.39. The number of ether oxygens (including phenoxy) is 1. The Morgan fingerprint density at radius 1 is 1.09 bits per heavy atom. The van der Waals surface area contributed by atoms with Gasteiger partial charge in [0.25, 0.3) is 0 Å². The highest BCUT2D eigenvalue weighted by atomic mass is 16.5. The first-order chi connectivity index (χ1) is 10.7. The summed E-state index contributed by atoms with van der Waals surface area (Å²) in [6, 6.07) is 16.5. The van der Waals surface area contributed by atoms with E-state index >= 15 is 0 Å². The van der Waals surface area contributed by atoms with Gasteiger partial charge in [-0.3, -0.25) is 9.69 Å². The second-order valence-electron chi connectivity index (χ2n) is 5.33. The van der Waals surface area contributed by atoms with Crippen molar-refractivity contribution in [1.82, 2.24) is 0 Å². The van der Waals surface area contributed by atoms with E-state index in [-0.39, 0.29) is 18.5 Å². The zero-order chi connectivity index (χ0) is 15.5. The van der Waals surface area contributed by atoms with Crippen molar-refractivity contribution in [3.63, 3.8) is 0 Å². The number of fused-ring (bicyclic) bond motifs is 1. The molecule has 1 unspecified atom stereocenters. The zero-order valence-corrected chi connectivity index (χ0v) is 12.4. The molecule has 22 heavy (non-hydrogen) atoms. The zero-order valence-electron chi connectivity index (χ0n) is 12.4. The maximum Gasteiger partial charge on any atom is 0.329 e. The lowest BCUT2D eigenvalue weighted by molar-refractivity contribution is -0.147. The molecule has 0 radical (unpaired) electrons. The maximum absolute atomic E-state index is 12.4. The van der Waals surface area contributed by atoms with Crippen molar-refractivity contribution >= 4 is 17.6 Å². The van der Waals surface area contributed by atoms with E-state index in [4.69, 9.17) is 4.74 Å². The Morgan fingerprint density at radius 3 is 2.50 bits per heavy atom. The van der Waals surface area contributed by atoms with Gasteiger partial charge in [0.1, 0.15) is 12.6 Å².